The smallest absolute Gasteiger partial charge is 0.249 e. The van der Waals surface area contributed by atoms with Crippen molar-refractivity contribution in [2.45, 2.75) is 64.0 Å². The highest BCUT2D eigenvalue weighted by atomic mass is 16.5. The zero-order valence-electron chi connectivity index (χ0n) is 15.5. The van der Waals surface area contributed by atoms with Crippen LogP contribution in [0.3, 0.4) is 0 Å². The molecule has 140 valence electrons. The Hall–Kier alpha value is -1.62. The molecule has 0 unspecified atom stereocenters. The summed E-state index contributed by atoms with van der Waals surface area (Å²) in [6.07, 6.45) is 12.5. The first-order chi connectivity index (χ1) is 12.8. The Morgan fingerprint density at radius 2 is 2.04 bits per heavy atom. The van der Waals surface area contributed by atoms with Gasteiger partial charge in [-0.2, -0.15) is 0 Å². The van der Waals surface area contributed by atoms with Gasteiger partial charge in [0.25, 0.3) is 0 Å². The van der Waals surface area contributed by atoms with Crippen molar-refractivity contribution in [3.05, 3.63) is 29.4 Å². The first-order valence-electron chi connectivity index (χ1n) is 10.4. The van der Waals surface area contributed by atoms with E-state index in [1.165, 1.54) is 31.4 Å². The van der Waals surface area contributed by atoms with Crippen molar-refractivity contribution in [3.63, 3.8) is 0 Å². The van der Waals surface area contributed by atoms with E-state index < -0.39 is 0 Å². The van der Waals surface area contributed by atoms with Crippen LogP contribution in [0.2, 0.25) is 0 Å². The van der Waals surface area contributed by atoms with Gasteiger partial charge in [0.1, 0.15) is 0 Å². The van der Waals surface area contributed by atoms with E-state index in [1.807, 2.05) is 11.2 Å². The zero-order chi connectivity index (χ0) is 17.5. The predicted molar refractivity (Wildman–Crippen MR) is 98.6 cm³/mol. The van der Waals surface area contributed by atoms with Crippen LogP contribution < -0.4 is 0 Å². The summed E-state index contributed by atoms with van der Waals surface area (Å²) in [5, 5.41) is 0. The molecule has 0 spiro atoms. The Balaban J connectivity index is 1.35. The molecule has 1 aromatic rings. The molecular weight excluding hydrogens is 326 g/mol. The maximum atomic E-state index is 12.9. The highest BCUT2D eigenvalue weighted by Gasteiger charge is 2.35. The molecule has 1 amide bonds. The molecule has 5 heteroatoms. The van der Waals surface area contributed by atoms with E-state index in [-0.39, 0.29) is 11.8 Å². The number of nitrogens with zero attached hydrogens (tertiary/aromatic N) is 3. The van der Waals surface area contributed by atoms with Gasteiger partial charge in [-0.25, -0.2) is 4.98 Å². The Morgan fingerprint density at radius 1 is 1.19 bits per heavy atom. The predicted octanol–water partition coefficient (Wildman–Crippen LogP) is 3.26. The molecule has 26 heavy (non-hydrogen) atoms. The number of hydrogen-bond acceptors (Lipinski definition) is 3. The fourth-order valence-corrected chi connectivity index (χ4v) is 4.36. The number of rotatable bonds is 7. The molecule has 5 rings (SSSR count). The molecule has 3 aliphatic carbocycles. The van der Waals surface area contributed by atoms with E-state index in [4.69, 9.17) is 9.72 Å². The summed E-state index contributed by atoms with van der Waals surface area (Å²) in [5.74, 6) is 2.07. The third-order valence-corrected chi connectivity index (χ3v) is 6.25. The summed E-state index contributed by atoms with van der Waals surface area (Å²) in [7, 11) is 0. The van der Waals surface area contributed by atoms with Gasteiger partial charge in [0.15, 0.2) is 0 Å². The van der Waals surface area contributed by atoms with Gasteiger partial charge in [0.05, 0.1) is 25.2 Å². The molecule has 0 N–H and O–H groups in total. The number of carbonyl (C=O) groups excluding carboxylic acids is 1. The summed E-state index contributed by atoms with van der Waals surface area (Å²) >= 11 is 0. The largest absolute Gasteiger partial charge is 0.380 e. The minimum atomic E-state index is 0.220. The fourth-order valence-electron chi connectivity index (χ4n) is 4.36. The lowest BCUT2D eigenvalue weighted by Gasteiger charge is -2.33. The van der Waals surface area contributed by atoms with E-state index >= 15 is 0 Å². The Labute approximate surface area is 155 Å². The normalized spacial score (nSPS) is 25.3. The second kappa shape index (κ2) is 6.84. The van der Waals surface area contributed by atoms with E-state index in [2.05, 4.69) is 10.6 Å². The summed E-state index contributed by atoms with van der Waals surface area (Å²) < 4.78 is 8.41. The molecule has 0 radical (unpaired) electrons. The van der Waals surface area contributed by atoms with Gasteiger partial charge in [0, 0.05) is 36.9 Å². The summed E-state index contributed by atoms with van der Waals surface area (Å²) in [6.45, 7) is 4.09. The summed E-state index contributed by atoms with van der Waals surface area (Å²) in [4.78, 5) is 19.6. The van der Waals surface area contributed by atoms with Gasteiger partial charge in [-0.05, 0) is 56.8 Å². The molecule has 0 aromatic carbocycles. The second-order valence-electron chi connectivity index (χ2n) is 8.66. The Morgan fingerprint density at radius 3 is 2.77 bits per heavy atom. The Kier molecular flexibility index (Phi) is 4.35. The first-order valence-corrected chi connectivity index (χ1v) is 10.4. The molecule has 0 saturated heterocycles. The van der Waals surface area contributed by atoms with Crippen LogP contribution in [-0.2, 0) is 22.6 Å². The third kappa shape index (κ3) is 3.46. The van der Waals surface area contributed by atoms with Crippen molar-refractivity contribution < 1.29 is 9.53 Å². The number of carbonyl (C=O) groups is 1. The molecule has 4 aliphatic rings. The standard InChI is InChI=1S/C21H29N3O2/c25-21(17-3-1-2-4-17)23-10-18(13-26-12-16-7-8-16)20-19(11-23)22-14-24(20)9-15-5-6-15/h3,14-16,18H,1-2,4-13H2/t18-/m0/s1. The van der Waals surface area contributed by atoms with E-state index in [0.717, 1.165) is 62.1 Å². The fraction of sp³-hybridized carbons (Fsp3) is 0.714. The van der Waals surface area contributed by atoms with Crippen LogP contribution in [0.25, 0.3) is 0 Å². The Bertz CT molecular complexity index is 715. The minimum Gasteiger partial charge on any atom is -0.380 e. The van der Waals surface area contributed by atoms with Crippen molar-refractivity contribution in [1.82, 2.24) is 14.5 Å². The highest BCUT2D eigenvalue weighted by molar-refractivity contribution is 5.94. The van der Waals surface area contributed by atoms with Crippen molar-refractivity contribution in [2.24, 2.45) is 11.8 Å². The van der Waals surface area contributed by atoms with Crippen LogP contribution in [0.15, 0.2) is 18.0 Å². The van der Waals surface area contributed by atoms with Gasteiger partial charge in [0.2, 0.25) is 5.91 Å². The number of allylic oxidation sites excluding steroid dienone is 1. The lowest BCUT2D eigenvalue weighted by Crippen LogP contribution is -2.41. The van der Waals surface area contributed by atoms with Crippen LogP contribution in [0, 0.1) is 11.8 Å². The van der Waals surface area contributed by atoms with Crippen molar-refractivity contribution in [3.8, 4) is 0 Å². The van der Waals surface area contributed by atoms with Gasteiger partial charge in [-0.3, -0.25) is 4.79 Å². The highest BCUT2D eigenvalue weighted by Crippen LogP contribution is 2.36. The SMILES string of the molecule is O=C(C1=CCCC1)N1Cc2ncn(CC3CC3)c2[C@H](COCC2CC2)C1. The molecule has 1 atom stereocenters. The number of amides is 1. The zero-order valence-corrected chi connectivity index (χ0v) is 15.5. The summed E-state index contributed by atoms with van der Waals surface area (Å²) in [6, 6.07) is 0. The maximum Gasteiger partial charge on any atom is 0.249 e. The van der Waals surface area contributed by atoms with Crippen LogP contribution in [-0.4, -0.2) is 40.1 Å². The molecule has 5 nitrogen and oxygen atoms in total. The van der Waals surface area contributed by atoms with Crippen LogP contribution in [0.5, 0.6) is 0 Å². The maximum absolute atomic E-state index is 12.9. The second-order valence-corrected chi connectivity index (χ2v) is 8.66. The molecule has 0 bridgehead atoms. The topological polar surface area (TPSA) is 47.4 Å². The number of imidazole rings is 1. The van der Waals surface area contributed by atoms with E-state index in [9.17, 15) is 4.79 Å². The van der Waals surface area contributed by atoms with Crippen LogP contribution in [0.1, 0.15) is 62.3 Å². The van der Waals surface area contributed by atoms with Crippen LogP contribution >= 0.6 is 0 Å². The minimum absolute atomic E-state index is 0.220. The van der Waals surface area contributed by atoms with Gasteiger partial charge in [-0.15, -0.1) is 0 Å². The van der Waals surface area contributed by atoms with Crippen molar-refractivity contribution in [1.29, 1.82) is 0 Å². The molecule has 2 fully saturated rings. The van der Waals surface area contributed by atoms with Crippen LogP contribution in [0.4, 0.5) is 0 Å². The molecule has 2 saturated carbocycles. The summed E-state index contributed by atoms with van der Waals surface area (Å²) in [5.41, 5.74) is 3.42. The lowest BCUT2D eigenvalue weighted by atomic mass is 9.97. The average molecular weight is 355 g/mol. The number of aromatic nitrogens is 2. The molecule has 1 aromatic heterocycles. The van der Waals surface area contributed by atoms with Crippen molar-refractivity contribution >= 4 is 5.91 Å². The lowest BCUT2D eigenvalue weighted by molar-refractivity contribution is -0.128. The average Bonchev–Trinajstić information content (AvgIpc) is 3.55. The third-order valence-electron chi connectivity index (χ3n) is 6.25. The van der Waals surface area contributed by atoms with E-state index in [0.29, 0.717) is 13.2 Å². The quantitative estimate of drug-likeness (QED) is 0.754. The molecule has 2 heterocycles. The molecular formula is C21H29N3O2. The van der Waals surface area contributed by atoms with E-state index in [1.54, 1.807) is 0 Å². The number of ether oxygens (including phenoxy) is 1. The number of fused-ring (bicyclic) bond motifs is 1. The van der Waals surface area contributed by atoms with Crippen molar-refractivity contribution in [2.75, 3.05) is 19.8 Å². The molecule has 1 aliphatic heterocycles. The monoisotopic (exact) mass is 355 g/mol. The van der Waals surface area contributed by atoms with Gasteiger partial charge >= 0.3 is 0 Å². The first kappa shape index (κ1) is 16.5. The van der Waals surface area contributed by atoms with Gasteiger partial charge in [-0.1, -0.05) is 6.08 Å². The number of hydrogen-bond donors (Lipinski definition) is 0. The van der Waals surface area contributed by atoms with Gasteiger partial charge < -0.3 is 14.2 Å².